The Bertz CT molecular complexity index is 2360. The van der Waals surface area contributed by atoms with Crippen molar-refractivity contribution in [1.29, 1.82) is 0 Å². The molecule has 8 rings (SSSR count). The van der Waals surface area contributed by atoms with Crippen LogP contribution in [0.4, 0.5) is 0 Å². The van der Waals surface area contributed by atoms with Crippen LogP contribution in [0.3, 0.4) is 0 Å². The molecule has 2 aliphatic rings. The Hall–Kier alpha value is -5.78. The first-order valence-electron chi connectivity index (χ1n) is 24.0. The lowest BCUT2D eigenvalue weighted by atomic mass is 9.90. The molecule has 6 aromatic rings. The molecule has 0 spiro atoms. The second-order valence-corrected chi connectivity index (χ2v) is 19.8. The number of carbonyl (C=O) groups excluding carboxylic acids is 4. The van der Waals surface area contributed by atoms with Gasteiger partial charge < -0.3 is 15.1 Å². The van der Waals surface area contributed by atoms with Gasteiger partial charge >= 0.3 is 0 Å². The lowest BCUT2D eigenvalue weighted by Gasteiger charge is -2.28. The summed E-state index contributed by atoms with van der Waals surface area (Å²) in [5, 5.41) is 4.92. The van der Waals surface area contributed by atoms with Crippen LogP contribution in [-0.4, -0.2) is 56.4 Å². The highest BCUT2D eigenvalue weighted by Gasteiger charge is 2.38. The number of unbranched alkanes of at least 4 members (excludes halogenated alkanes) is 4. The summed E-state index contributed by atoms with van der Waals surface area (Å²) < 4.78 is 0. The molecular weight excluding hydrogens is 859 g/mol. The Kier molecular flexibility index (Phi) is 16.0. The fourth-order valence-electron chi connectivity index (χ4n) is 9.38. The second-order valence-electron chi connectivity index (χ2n) is 17.7. The molecule has 2 fully saturated rings. The van der Waals surface area contributed by atoms with E-state index >= 15 is 0 Å². The molecule has 11 heteroatoms. The molecule has 0 bridgehead atoms. The summed E-state index contributed by atoms with van der Waals surface area (Å²) in [6, 6.07) is 35.5. The first kappa shape index (κ1) is 46.7. The van der Waals surface area contributed by atoms with E-state index < -0.39 is 12.0 Å². The largest absolute Gasteiger partial charge is 0.341 e. The zero-order valence-corrected chi connectivity index (χ0v) is 39.8. The van der Waals surface area contributed by atoms with E-state index in [9.17, 15) is 19.2 Å². The van der Waals surface area contributed by atoms with Gasteiger partial charge in [-0.15, -0.1) is 22.7 Å². The molecule has 1 N–H and O–H groups in total. The van der Waals surface area contributed by atoms with Crippen LogP contribution >= 0.6 is 22.7 Å². The van der Waals surface area contributed by atoms with Crippen LogP contribution in [0.5, 0.6) is 0 Å². The first-order valence-corrected chi connectivity index (χ1v) is 25.6. The van der Waals surface area contributed by atoms with Gasteiger partial charge in [0, 0.05) is 44.7 Å². The number of Topliss-reactive ketones (excluding diaryl/α,β-unsaturated/α-hetero) is 1. The molecule has 0 unspecified atom stereocenters. The van der Waals surface area contributed by atoms with Gasteiger partial charge in [-0.25, -0.2) is 9.97 Å². The van der Waals surface area contributed by atoms with E-state index in [0.29, 0.717) is 25.9 Å². The summed E-state index contributed by atoms with van der Waals surface area (Å²) in [6.45, 7) is 5.54. The molecule has 4 aromatic carbocycles. The van der Waals surface area contributed by atoms with Crippen LogP contribution in [0.15, 0.2) is 122 Å². The van der Waals surface area contributed by atoms with Crippen LogP contribution < -0.4 is 5.32 Å². The molecule has 3 amide bonds. The number of likely N-dealkylation sites (tertiary alicyclic amines) is 2. The number of nitrogens with one attached hydrogen (secondary N) is 1. The van der Waals surface area contributed by atoms with Crippen molar-refractivity contribution in [3.63, 3.8) is 0 Å². The van der Waals surface area contributed by atoms with Gasteiger partial charge in [0.2, 0.25) is 17.7 Å². The average molecular weight is 920 g/mol. The zero-order chi connectivity index (χ0) is 45.8. The number of hydrogen-bond donors (Lipinski definition) is 1. The van der Waals surface area contributed by atoms with E-state index in [1.165, 1.54) is 0 Å². The van der Waals surface area contributed by atoms with Crippen molar-refractivity contribution >= 4 is 46.2 Å². The van der Waals surface area contributed by atoms with Crippen molar-refractivity contribution in [2.75, 3.05) is 13.1 Å². The normalized spacial score (nSPS) is 16.9. The van der Waals surface area contributed by atoms with E-state index in [1.54, 1.807) is 22.7 Å². The number of nitrogens with zero attached hydrogens (tertiary/aromatic N) is 4. The predicted octanol–water partition coefficient (Wildman–Crippen LogP) is 12.7. The first-order chi connectivity index (χ1) is 32.3. The number of benzene rings is 4. The van der Waals surface area contributed by atoms with E-state index in [4.69, 9.17) is 9.97 Å². The third kappa shape index (κ3) is 11.2. The van der Waals surface area contributed by atoms with Gasteiger partial charge in [-0.1, -0.05) is 149 Å². The Balaban J connectivity index is 0.910. The lowest BCUT2D eigenvalue weighted by molar-refractivity contribution is -0.137. The number of aromatic nitrogens is 2. The molecule has 0 saturated carbocycles. The van der Waals surface area contributed by atoms with E-state index in [-0.39, 0.29) is 42.0 Å². The van der Waals surface area contributed by atoms with Crippen LogP contribution in [-0.2, 0) is 19.2 Å². The number of hydrogen-bond acceptors (Lipinski definition) is 8. The highest BCUT2D eigenvalue weighted by molar-refractivity contribution is 7.15. The molecule has 0 radical (unpaired) electrons. The topological polar surface area (TPSA) is 113 Å². The molecule has 2 saturated heterocycles. The Morgan fingerprint density at radius 2 is 1.06 bits per heavy atom. The Labute approximate surface area is 397 Å². The third-order valence-electron chi connectivity index (χ3n) is 13.0. The second kappa shape index (κ2) is 22.6. The number of ketones is 1. The summed E-state index contributed by atoms with van der Waals surface area (Å²) >= 11 is 3.27. The number of carbonyl (C=O) groups is 4. The molecule has 4 atom stereocenters. The maximum Gasteiger partial charge on any atom is 0.250 e. The van der Waals surface area contributed by atoms with E-state index in [0.717, 1.165) is 117 Å². The van der Waals surface area contributed by atoms with Gasteiger partial charge in [0.05, 0.1) is 27.8 Å². The molecule has 0 aliphatic carbocycles. The highest BCUT2D eigenvalue weighted by atomic mass is 32.1. The Morgan fingerprint density at radius 3 is 1.58 bits per heavy atom. The van der Waals surface area contributed by atoms with Crippen LogP contribution in [0.1, 0.15) is 143 Å². The minimum atomic E-state index is -0.732. The summed E-state index contributed by atoms with van der Waals surface area (Å²) in [5.74, 6) is -0.481. The smallest absolute Gasteiger partial charge is 0.250 e. The van der Waals surface area contributed by atoms with Gasteiger partial charge in [-0.2, -0.15) is 0 Å². The van der Waals surface area contributed by atoms with Gasteiger partial charge in [-0.05, 0) is 71.9 Å². The van der Waals surface area contributed by atoms with Crippen LogP contribution in [0.2, 0.25) is 0 Å². The van der Waals surface area contributed by atoms with Gasteiger partial charge in [0.15, 0.2) is 0 Å². The predicted molar refractivity (Wildman–Crippen MR) is 266 cm³/mol. The Morgan fingerprint density at radius 1 is 0.591 bits per heavy atom. The molecule has 2 aliphatic heterocycles. The third-order valence-corrected chi connectivity index (χ3v) is 15.3. The fourth-order valence-corrected chi connectivity index (χ4v) is 11.5. The number of rotatable bonds is 20. The summed E-state index contributed by atoms with van der Waals surface area (Å²) in [4.78, 5) is 70.3. The van der Waals surface area contributed by atoms with Gasteiger partial charge in [0.25, 0.3) is 0 Å². The highest BCUT2D eigenvalue weighted by Crippen LogP contribution is 2.41. The van der Waals surface area contributed by atoms with Crippen LogP contribution in [0.25, 0.3) is 32.0 Å². The SMILES string of the molecule is CCCCCC(=O)C[C@H](C(=O)N1CCC[C@H]1c1ncc(-c2ccc(-c3ccc(-c4cnc([C@@H]5CCCN5C(=O)[C@H](NC(=O)CCCCC)c5ccccc5)s4)cc3)cc2)s1)c1ccccc1. The molecule has 342 valence electrons. The van der Waals surface area contributed by atoms with Gasteiger partial charge in [-0.3, -0.25) is 19.2 Å². The van der Waals surface area contributed by atoms with Crippen molar-refractivity contribution in [2.45, 2.75) is 121 Å². The van der Waals surface area contributed by atoms with E-state index in [2.05, 4.69) is 67.7 Å². The van der Waals surface area contributed by atoms with Crippen molar-refractivity contribution < 1.29 is 19.2 Å². The molecular formula is C55H61N5O4S2. The number of thiazole rings is 2. The average Bonchev–Trinajstić information content (AvgIpc) is 4.21. The molecule has 66 heavy (non-hydrogen) atoms. The maximum atomic E-state index is 14.3. The summed E-state index contributed by atoms with van der Waals surface area (Å²) in [7, 11) is 0. The molecule has 9 nitrogen and oxygen atoms in total. The standard InChI is InChI=1S/C55H61N5O4S2/c1-3-5-9-21-44(61)35-45(40-17-11-7-12-18-40)54(63)59-33-15-22-46(59)52-56-36-48(65-52)41-29-25-38(26-30-41)39-27-31-42(32-28-39)49-37-57-53(66-49)47-23-16-34-60(47)55(64)51(43-19-13-8-14-20-43)58-50(62)24-10-6-4-2/h7-8,11-14,17-20,25-32,36-37,45-47,51H,3-6,9-10,15-16,21-24,33-35H2,1-2H3,(H,58,62)/t45-,46-,47-,51+/m0/s1. The fraction of sp³-hybridized carbons (Fsp3) is 0.382. The summed E-state index contributed by atoms with van der Waals surface area (Å²) in [5.41, 5.74) is 6.06. The summed E-state index contributed by atoms with van der Waals surface area (Å²) in [6.07, 6.45) is 14.3. The van der Waals surface area contributed by atoms with Crippen LogP contribution in [0, 0.1) is 0 Å². The monoisotopic (exact) mass is 919 g/mol. The molecule has 2 aromatic heterocycles. The van der Waals surface area contributed by atoms with Crippen molar-refractivity contribution in [3.05, 3.63) is 143 Å². The lowest BCUT2D eigenvalue weighted by Crippen LogP contribution is -2.42. The molecule has 4 heterocycles. The van der Waals surface area contributed by atoms with Crippen molar-refractivity contribution in [3.8, 4) is 32.0 Å². The van der Waals surface area contributed by atoms with Crippen molar-refractivity contribution in [1.82, 2.24) is 25.1 Å². The van der Waals surface area contributed by atoms with Gasteiger partial charge in [0.1, 0.15) is 21.8 Å². The minimum absolute atomic E-state index is 0.0242. The maximum absolute atomic E-state index is 14.3. The van der Waals surface area contributed by atoms with Crippen molar-refractivity contribution in [2.24, 2.45) is 0 Å². The zero-order valence-electron chi connectivity index (χ0n) is 38.2. The van der Waals surface area contributed by atoms with E-state index in [1.807, 2.05) is 82.9 Å². The number of amides is 3. The quantitative estimate of drug-likeness (QED) is 0.0763. The minimum Gasteiger partial charge on any atom is -0.341 e.